The van der Waals surface area contributed by atoms with Crippen molar-refractivity contribution in [3.63, 3.8) is 0 Å². The molecule has 0 aromatic heterocycles. The van der Waals surface area contributed by atoms with E-state index in [1.165, 1.54) is 0 Å². The minimum Gasteiger partial charge on any atom is -0.480 e. The molecule has 20 nitrogen and oxygen atoms in total. The highest BCUT2D eigenvalue weighted by Crippen LogP contribution is 2.11. The number of aliphatic hydroxyl groups is 2. The van der Waals surface area contributed by atoms with E-state index in [9.17, 15) is 53.4 Å². The lowest BCUT2D eigenvalue weighted by atomic mass is 9.94. The summed E-state index contributed by atoms with van der Waals surface area (Å²) in [5.41, 5.74) is 10.5. The van der Waals surface area contributed by atoms with Gasteiger partial charge in [-0.3, -0.25) is 43.2 Å². The van der Waals surface area contributed by atoms with E-state index in [0.29, 0.717) is 6.42 Å². The Morgan fingerprint density at radius 3 is 1.61 bits per heavy atom. The molecule has 0 heterocycles. The van der Waals surface area contributed by atoms with Gasteiger partial charge in [0.05, 0.1) is 25.8 Å². The van der Waals surface area contributed by atoms with Crippen LogP contribution in [-0.4, -0.2) is 124 Å². The summed E-state index contributed by atoms with van der Waals surface area (Å²) in [6, 6.07) is -6.72. The molecule has 0 bridgehead atoms. The highest BCUT2D eigenvalue weighted by atomic mass is 16.4. The molecule has 248 valence electrons. The number of Topliss-reactive ketones (excluding diaryl/α,β-unsaturated/α-hetero) is 1. The predicted molar refractivity (Wildman–Crippen MR) is 146 cm³/mol. The van der Waals surface area contributed by atoms with Crippen LogP contribution in [0.25, 0.3) is 0 Å². The van der Waals surface area contributed by atoms with Crippen LogP contribution in [0.1, 0.15) is 39.0 Å². The summed E-state index contributed by atoms with van der Waals surface area (Å²) in [4.78, 5) is 108. The zero-order chi connectivity index (χ0) is 34.0. The van der Waals surface area contributed by atoms with E-state index in [-0.39, 0.29) is 19.4 Å². The molecule has 0 aliphatic rings. The van der Waals surface area contributed by atoms with Crippen molar-refractivity contribution in [2.75, 3.05) is 26.3 Å². The second-order valence-corrected chi connectivity index (χ2v) is 9.38. The molecule has 0 spiro atoms. The lowest BCUT2D eigenvalue weighted by Gasteiger charge is -2.25. The topological polar surface area (TPSA) is 347 Å². The van der Waals surface area contributed by atoms with Crippen molar-refractivity contribution in [1.29, 1.82) is 0 Å². The Morgan fingerprint density at radius 2 is 1.16 bits per heavy atom. The highest BCUT2D eigenvalue weighted by Gasteiger charge is 2.39. The number of aliphatic carboxylic acids is 2. The number of primary amides is 1. The number of carbonyl (C=O) groups is 9. The maximum absolute atomic E-state index is 13.0. The lowest BCUT2D eigenvalue weighted by Crippen LogP contribution is -2.59. The number of carboxylic acids is 2. The van der Waals surface area contributed by atoms with E-state index in [1.54, 1.807) is 0 Å². The van der Waals surface area contributed by atoms with Crippen molar-refractivity contribution < 1.29 is 63.6 Å². The van der Waals surface area contributed by atoms with Crippen LogP contribution >= 0.6 is 0 Å². The number of nitrogens with one attached hydrogen (secondary N) is 5. The van der Waals surface area contributed by atoms with E-state index < -0.39 is 116 Å². The van der Waals surface area contributed by atoms with Crippen LogP contribution in [-0.2, 0) is 43.2 Å². The first-order valence-corrected chi connectivity index (χ1v) is 13.2. The van der Waals surface area contributed by atoms with Gasteiger partial charge < -0.3 is 58.5 Å². The van der Waals surface area contributed by atoms with Gasteiger partial charge in [0.25, 0.3) is 0 Å². The molecule has 13 N–H and O–H groups in total. The number of rotatable bonds is 22. The lowest BCUT2D eigenvalue weighted by molar-refractivity contribution is -0.159. The maximum atomic E-state index is 13.0. The fraction of sp³-hybridized carbons (Fsp3) is 0.625. The number of ketones is 1. The Labute approximate surface area is 250 Å². The zero-order valence-electron chi connectivity index (χ0n) is 23.9. The summed E-state index contributed by atoms with van der Waals surface area (Å²) >= 11 is 0. The Kier molecular flexibility index (Phi) is 18.1. The largest absolute Gasteiger partial charge is 0.480 e. The molecule has 0 aromatic rings. The molecule has 20 heteroatoms. The fourth-order valence-corrected chi connectivity index (χ4v) is 3.54. The van der Waals surface area contributed by atoms with Crippen LogP contribution < -0.4 is 38.1 Å². The van der Waals surface area contributed by atoms with Crippen molar-refractivity contribution in [2.45, 2.75) is 63.2 Å². The molecule has 0 aliphatic carbocycles. The molecule has 6 amide bonds. The summed E-state index contributed by atoms with van der Waals surface area (Å²) in [6.45, 7) is -1.27. The zero-order valence-corrected chi connectivity index (χ0v) is 23.9. The van der Waals surface area contributed by atoms with Gasteiger partial charge in [0.2, 0.25) is 41.4 Å². The number of amides is 6. The molecule has 0 unspecified atom stereocenters. The van der Waals surface area contributed by atoms with Crippen molar-refractivity contribution in [2.24, 2.45) is 17.4 Å². The van der Waals surface area contributed by atoms with Crippen LogP contribution in [0, 0.1) is 5.92 Å². The van der Waals surface area contributed by atoms with Crippen LogP contribution in [0.5, 0.6) is 0 Å². The van der Waals surface area contributed by atoms with Gasteiger partial charge in [-0.25, -0.2) is 0 Å². The average Bonchev–Trinajstić information content (AvgIpc) is 2.94. The van der Waals surface area contributed by atoms with Gasteiger partial charge in [-0.1, -0.05) is 0 Å². The molecule has 0 radical (unpaired) electrons. The molecule has 0 aromatic carbocycles. The van der Waals surface area contributed by atoms with Crippen molar-refractivity contribution in [3.05, 3.63) is 0 Å². The third-order valence-electron chi connectivity index (χ3n) is 5.85. The van der Waals surface area contributed by atoms with Gasteiger partial charge in [0.1, 0.15) is 18.1 Å². The van der Waals surface area contributed by atoms with E-state index in [2.05, 4.69) is 26.6 Å². The quantitative estimate of drug-likeness (QED) is 0.0390. The Bertz CT molecular complexity index is 1070. The van der Waals surface area contributed by atoms with E-state index in [1.807, 2.05) is 0 Å². The molecule has 0 saturated heterocycles. The van der Waals surface area contributed by atoms with Crippen molar-refractivity contribution >= 4 is 53.2 Å². The van der Waals surface area contributed by atoms with Crippen LogP contribution in [0.3, 0.4) is 0 Å². The Balaban J connectivity index is 5.82. The summed E-state index contributed by atoms with van der Waals surface area (Å²) in [5.74, 6) is -13.7. The fourth-order valence-electron chi connectivity index (χ4n) is 3.54. The first-order chi connectivity index (χ1) is 20.6. The number of hydrogen-bond acceptors (Lipinski definition) is 12. The first kappa shape index (κ1) is 39.3. The smallest absolute Gasteiger partial charge is 0.325 e. The molecule has 44 heavy (non-hydrogen) atoms. The van der Waals surface area contributed by atoms with E-state index in [0.717, 1.165) is 6.92 Å². The molecular weight excluding hydrogens is 594 g/mol. The monoisotopic (exact) mass is 633 g/mol. The molecule has 0 rings (SSSR count). The van der Waals surface area contributed by atoms with Crippen LogP contribution in [0.15, 0.2) is 0 Å². The Hall–Kier alpha value is -4.69. The minimum atomic E-state index is -2.52. The molecule has 0 saturated carbocycles. The number of aliphatic hydroxyl groups excluding tert-OH is 2. The molecular formula is C24H39N7O13. The summed E-state index contributed by atoms with van der Waals surface area (Å²) in [7, 11) is 0. The van der Waals surface area contributed by atoms with Gasteiger partial charge in [0.15, 0.2) is 5.78 Å². The third kappa shape index (κ3) is 14.5. The summed E-state index contributed by atoms with van der Waals surface area (Å²) in [6.07, 6.45) is -0.628. The number of hydrogen-bond donors (Lipinski definition) is 11. The van der Waals surface area contributed by atoms with Gasteiger partial charge in [-0.2, -0.15) is 0 Å². The standard InChI is InChI=1S/C24H39N7O13/c1-11(34)27-8-17(36)28-14(9-32)21(39)30-13(5-6-16(26)35)20(38)31-15(10-33)22(40)29-12(4-2-3-7-25)19(37)18(23(41)42)24(43)44/h12-15,18,32-33H,2-10,25H2,1H3,(H2,26,35)(H,27,34)(H,28,36)(H,29,40)(H,30,39)(H,31,38)(H,41,42)(H,43,44)/t12-,13-,14-,15-/m0/s1. The highest BCUT2D eigenvalue weighted by molar-refractivity contribution is 6.16. The van der Waals surface area contributed by atoms with Crippen LogP contribution in [0.4, 0.5) is 0 Å². The summed E-state index contributed by atoms with van der Waals surface area (Å²) in [5, 5.41) is 48.3. The maximum Gasteiger partial charge on any atom is 0.325 e. The second kappa shape index (κ2) is 20.3. The SMILES string of the molecule is CC(=O)NCC(=O)N[C@@H](CO)C(=O)N[C@@H](CCC(N)=O)C(=O)N[C@@H](CO)C(=O)N[C@@H](CCCCN)C(=O)C(C(=O)O)C(=O)O. The number of carboxylic acid groups (broad SMARTS) is 2. The van der Waals surface area contributed by atoms with Crippen LogP contribution in [0.2, 0.25) is 0 Å². The number of nitrogens with two attached hydrogens (primary N) is 2. The molecule has 0 aliphatic heterocycles. The average molecular weight is 634 g/mol. The number of unbranched alkanes of at least 4 members (excludes halogenated alkanes) is 1. The van der Waals surface area contributed by atoms with Gasteiger partial charge >= 0.3 is 11.9 Å². The molecule has 4 atom stereocenters. The van der Waals surface area contributed by atoms with Crippen molar-refractivity contribution in [1.82, 2.24) is 26.6 Å². The summed E-state index contributed by atoms with van der Waals surface area (Å²) < 4.78 is 0. The van der Waals surface area contributed by atoms with Crippen molar-refractivity contribution in [3.8, 4) is 0 Å². The predicted octanol–water partition coefficient (Wildman–Crippen LogP) is -6.20. The normalized spacial score (nSPS) is 13.4. The van der Waals surface area contributed by atoms with Gasteiger partial charge in [-0.15, -0.1) is 0 Å². The second-order valence-electron chi connectivity index (χ2n) is 9.38. The van der Waals surface area contributed by atoms with Gasteiger partial charge in [0, 0.05) is 13.3 Å². The Morgan fingerprint density at radius 1 is 0.682 bits per heavy atom. The molecule has 0 fully saturated rings. The van der Waals surface area contributed by atoms with Gasteiger partial charge in [-0.05, 0) is 32.2 Å². The minimum absolute atomic E-state index is 0.167. The van der Waals surface area contributed by atoms with E-state index in [4.69, 9.17) is 21.7 Å². The number of carbonyl (C=O) groups excluding carboxylic acids is 7. The third-order valence-corrected chi connectivity index (χ3v) is 5.85. The van der Waals surface area contributed by atoms with E-state index >= 15 is 0 Å². The first-order valence-electron chi connectivity index (χ1n) is 13.2.